The van der Waals surface area contributed by atoms with Crippen LogP contribution in [0, 0.1) is 0 Å². The lowest BCUT2D eigenvalue weighted by Crippen LogP contribution is -2.39. The molecule has 2 heterocycles. The topological polar surface area (TPSA) is 120 Å². The zero-order valence-electron chi connectivity index (χ0n) is 20.3. The van der Waals surface area contributed by atoms with Gasteiger partial charge < -0.3 is 20.6 Å². The summed E-state index contributed by atoms with van der Waals surface area (Å²) in [5.74, 6) is -0.548. The highest BCUT2D eigenvalue weighted by atomic mass is 79.9. The van der Waals surface area contributed by atoms with Crippen molar-refractivity contribution in [3.63, 3.8) is 0 Å². The van der Waals surface area contributed by atoms with Crippen LogP contribution in [-0.2, 0) is 28.9 Å². The number of anilines is 1. The Bertz CT molecular complexity index is 989. The highest BCUT2D eigenvalue weighted by Gasteiger charge is 2.20. The van der Waals surface area contributed by atoms with Crippen LogP contribution < -0.4 is 10.6 Å². The minimum absolute atomic E-state index is 0.0675. The Morgan fingerprint density at radius 3 is 2.77 bits per heavy atom. The minimum atomic E-state index is -0.934. The second kappa shape index (κ2) is 14.1. The van der Waals surface area contributed by atoms with Crippen LogP contribution in [0.15, 0.2) is 29.1 Å². The standard InChI is InChI=1S/C25H35BrN6O3/c1-18(33)28-12-15-32(14-11-23(25(34)35)31-24-21(26)16-27-17-29-24)13-5-4-7-20-10-9-19-6-2-3-8-22(19)30-20/h9-10,16-17,23H,2-8,11-15H2,1H3,(H,28,33)(H,34,35)(H,27,29,31)/t23-/m0/s1. The van der Waals surface area contributed by atoms with Crippen LogP contribution in [0.3, 0.4) is 0 Å². The molecule has 0 fully saturated rings. The Hall–Kier alpha value is -2.59. The Kier molecular flexibility index (Phi) is 10.9. The summed E-state index contributed by atoms with van der Waals surface area (Å²) in [6.07, 6.45) is 11.0. The highest BCUT2D eigenvalue weighted by molar-refractivity contribution is 9.10. The molecule has 190 valence electrons. The number of aryl methyl sites for hydroxylation is 3. The van der Waals surface area contributed by atoms with Gasteiger partial charge >= 0.3 is 5.97 Å². The van der Waals surface area contributed by atoms with Crippen LogP contribution in [0.25, 0.3) is 0 Å². The number of pyridine rings is 1. The summed E-state index contributed by atoms with van der Waals surface area (Å²) in [6.45, 7) is 4.11. The number of aromatic nitrogens is 3. The lowest BCUT2D eigenvalue weighted by atomic mass is 9.95. The molecule has 0 spiro atoms. The average molecular weight is 547 g/mol. The summed E-state index contributed by atoms with van der Waals surface area (Å²) >= 11 is 3.35. The van der Waals surface area contributed by atoms with Gasteiger partial charge in [-0.25, -0.2) is 14.8 Å². The van der Waals surface area contributed by atoms with Crippen molar-refractivity contribution < 1.29 is 14.7 Å². The molecule has 1 aliphatic rings. The second-order valence-electron chi connectivity index (χ2n) is 8.94. The number of nitrogens with one attached hydrogen (secondary N) is 2. The van der Waals surface area contributed by atoms with E-state index in [0.717, 1.165) is 44.3 Å². The predicted molar refractivity (Wildman–Crippen MR) is 138 cm³/mol. The van der Waals surface area contributed by atoms with Gasteiger partial charge in [0.2, 0.25) is 5.91 Å². The maximum atomic E-state index is 11.8. The largest absolute Gasteiger partial charge is 0.480 e. The third-order valence-corrected chi connectivity index (χ3v) is 6.79. The molecule has 1 amide bonds. The fourth-order valence-corrected chi connectivity index (χ4v) is 4.62. The summed E-state index contributed by atoms with van der Waals surface area (Å²) < 4.78 is 0.615. The number of carbonyl (C=O) groups is 2. The number of halogens is 1. The number of amides is 1. The monoisotopic (exact) mass is 546 g/mol. The van der Waals surface area contributed by atoms with Crippen molar-refractivity contribution in [2.45, 2.75) is 64.3 Å². The summed E-state index contributed by atoms with van der Waals surface area (Å²) in [4.78, 5) is 38.3. The fourth-order valence-electron chi connectivity index (χ4n) is 4.29. The van der Waals surface area contributed by atoms with E-state index in [0.29, 0.717) is 36.3 Å². The number of unbranched alkanes of at least 4 members (excludes halogenated alkanes) is 1. The maximum absolute atomic E-state index is 11.8. The van der Waals surface area contributed by atoms with Gasteiger partial charge in [-0.15, -0.1) is 0 Å². The van der Waals surface area contributed by atoms with Crippen LogP contribution in [0.1, 0.15) is 56.0 Å². The van der Waals surface area contributed by atoms with E-state index in [-0.39, 0.29) is 5.91 Å². The molecule has 0 saturated carbocycles. The lowest BCUT2D eigenvalue weighted by Gasteiger charge is -2.25. The molecule has 0 bridgehead atoms. The van der Waals surface area contributed by atoms with Crippen molar-refractivity contribution in [2.24, 2.45) is 0 Å². The number of hydrogen-bond donors (Lipinski definition) is 3. The van der Waals surface area contributed by atoms with Gasteiger partial charge in [-0.05, 0) is 85.5 Å². The Morgan fingerprint density at radius 1 is 1.17 bits per heavy atom. The van der Waals surface area contributed by atoms with Crippen LogP contribution in [0.5, 0.6) is 0 Å². The van der Waals surface area contributed by atoms with Crippen molar-refractivity contribution in [3.8, 4) is 0 Å². The molecule has 3 N–H and O–H groups in total. The van der Waals surface area contributed by atoms with E-state index in [1.54, 1.807) is 6.20 Å². The Morgan fingerprint density at radius 2 is 2.00 bits per heavy atom. The predicted octanol–water partition coefficient (Wildman–Crippen LogP) is 3.23. The van der Waals surface area contributed by atoms with Crippen LogP contribution in [-0.4, -0.2) is 69.1 Å². The van der Waals surface area contributed by atoms with Gasteiger partial charge in [-0.1, -0.05) is 6.07 Å². The molecule has 1 atom stereocenters. The van der Waals surface area contributed by atoms with Crippen molar-refractivity contribution in [3.05, 3.63) is 46.1 Å². The number of aliphatic carboxylic acids is 1. The van der Waals surface area contributed by atoms with Crippen LogP contribution >= 0.6 is 15.9 Å². The number of fused-ring (bicyclic) bond motifs is 1. The van der Waals surface area contributed by atoms with Gasteiger partial charge in [0.25, 0.3) is 0 Å². The third kappa shape index (κ3) is 9.18. The fraction of sp³-hybridized carbons (Fsp3) is 0.560. The normalized spacial score (nSPS) is 13.8. The molecule has 10 heteroatoms. The molecule has 3 rings (SSSR count). The van der Waals surface area contributed by atoms with E-state index in [1.165, 1.54) is 37.4 Å². The molecule has 0 unspecified atom stereocenters. The number of hydrogen-bond acceptors (Lipinski definition) is 7. The third-order valence-electron chi connectivity index (χ3n) is 6.21. The molecule has 2 aromatic rings. The summed E-state index contributed by atoms with van der Waals surface area (Å²) in [5.41, 5.74) is 3.83. The zero-order valence-corrected chi connectivity index (χ0v) is 21.9. The SMILES string of the molecule is CC(=O)NCCN(CCCCc1ccc2c(n1)CCCC2)CC[C@H](Nc1ncncc1Br)C(=O)O. The second-order valence-corrected chi connectivity index (χ2v) is 9.79. The van der Waals surface area contributed by atoms with E-state index in [9.17, 15) is 14.7 Å². The molecular weight excluding hydrogens is 512 g/mol. The van der Waals surface area contributed by atoms with Gasteiger partial charge in [-0.2, -0.15) is 0 Å². The van der Waals surface area contributed by atoms with E-state index in [1.807, 2.05) is 0 Å². The molecule has 1 aliphatic carbocycles. The van der Waals surface area contributed by atoms with E-state index < -0.39 is 12.0 Å². The van der Waals surface area contributed by atoms with Crippen molar-refractivity contribution in [1.29, 1.82) is 0 Å². The molecular formula is C25H35BrN6O3. The Labute approximate surface area is 215 Å². The van der Waals surface area contributed by atoms with Gasteiger partial charge in [0.15, 0.2) is 0 Å². The zero-order chi connectivity index (χ0) is 25.0. The molecule has 0 radical (unpaired) electrons. The average Bonchev–Trinajstić information content (AvgIpc) is 2.84. The Balaban J connectivity index is 1.50. The molecule has 9 nitrogen and oxygen atoms in total. The summed E-state index contributed by atoms with van der Waals surface area (Å²) in [6, 6.07) is 3.61. The summed E-state index contributed by atoms with van der Waals surface area (Å²) in [7, 11) is 0. The summed E-state index contributed by atoms with van der Waals surface area (Å²) in [5, 5.41) is 15.5. The van der Waals surface area contributed by atoms with Crippen molar-refractivity contribution in [2.75, 3.05) is 31.5 Å². The molecule has 0 aliphatic heterocycles. The molecule has 0 saturated heterocycles. The van der Waals surface area contributed by atoms with Gasteiger partial charge in [0.05, 0.1) is 4.47 Å². The minimum Gasteiger partial charge on any atom is -0.480 e. The van der Waals surface area contributed by atoms with Crippen molar-refractivity contribution in [1.82, 2.24) is 25.2 Å². The molecule has 0 aromatic carbocycles. The van der Waals surface area contributed by atoms with Crippen LogP contribution in [0.2, 0.25) is 0 Å². The van der Waals surface area contributed by atoms with E-state index in [2.05, 4.69) is 53.6 Å². The van der Waals surface area contributed by atoms with Gasteiger partial charge in [-0.3, -0.25) is 9.78 Å². The number of carboxylic acid groups (broad SMARTS) is 1. The maximum Gasteiger partial charge on any atom is 0.326 e. The smallest absolute Gasteiger partial charge is 0.326 e. The van der Waals surface area contributed by atoms with Crippen LogP contribution in [0.4, 0.5) is 5.82 Å². The first-order valence-corrected chi connectivity index (χ1v) is 13.1. The van der Waals surface area contributed by atoms with Gasteiger partial charge in [0, 0.05) is 44.1 Å². The number of nitrogens with zero attached hydrogens (tertiary/aromatic N) is 4. The first-order chi connectivity index (χ1) is 16.9. The molecule has 35 heavy (non-hydrogen) atoms. The number of carboxylic acids is 1. The lowest BCUT2D eigenvalue weighted by molar-refractivity contribution is -0.138. The highest BCUT2D eigenvalue weighted by Crippen LogP contribution is 2.21. The quantitative estimate of drug-likeness (QED) is 0.309. The van der Waals surface area contributed by atoms with Gasteiger partial charge in [0.1, 0.15) is 18.2 Å². The number of carbonyl (C=O) groups excluding carboxylic acids is 1. The number of rotatable bonds is 14. The first kappa shape index (κ1) is 27.0. The van der Waals surface area contributed by atoms with E-state index >= 15 is 0 Å². The van der Waals surface area contributed by atoms with E-state index in [4.69, 9.17) is 4.98 Å². The first-order valence-electron chi connectivity index (χ1n) is 12.3. The van der Waals surface area contributed by atoms with Crippen molar-refractivity contribution >= 4 is 33.6 Å². The molecule has 2 aromatic heterocycles.